The van der Waals surface area contributed by atoms with E-state index in [4.69, 9.17) is 11.6 Å². The molecule has 7 nitrogen and oxygen atoms in total. The van der Waals surface area contributed by atoms with Crippen LogP contribution < -0.4 is 0 Å². The van der Waals surface area contributed by atoms with E-state index in [1.54, 1.807) is 4.90 Å². The number of nitro groups is 2. The lowest BCUT2D eigenvalue weighted by atomic mass is 9.72. The summed E-state index contributed by atoms with van der Waals surface area (Å²) in [5, 5.41) is 22.8. The van der Waals surface area contributed by atoms with Crippen molar-refractivity contribution in [3.8, 4) is 0 Å². The third-order valence-corrected chi connectivity index (χ3v) is 4.42. The highest BCUT2D eigenvalue weighted by molar-refractivity contribution is 6.30. The van der Waals surface area contributed by atoms with Gasteiger partial charge in [-0.2, -0.15) is 0 Å². The Balaban J connectivity index is 2.51. The summed E-state index contributed by atoms with van der Waals surface area (Å²) in [6.07, 6.45) is 1.49. The van der Waals surface area contributed by atoms with Gasteiger partial charge in [-0.3, -0.25) is 25.1 Å². The number of hydrogen-bond acceptors (Lipinski definition) is 5. The van der Waals surface area contributed by atoms with Gasteiger partial charge >= 0.3 is 0 Å². The average Bonchev–Trinajstić information content (AvgIpc) is 2.33. The molecule has 2 aliphatic rings. The third kappa shape index (κ3) is 1.69. The number of rotatable bonds is 3. The van der Waals surface area contributed by atoms with Crippen molar-refractivity contribution in [2.24, 2.45) is 0 Å². The van der Waals surface area contributed by atoms with Crippen LogP contribution in [0.3, 0.4) is 0 Å². The van der Waals surface area contributed by atoms with E-state index in [0.29, 0.717) is 6.54 Å². The third-order valence-electron chi connectivity index (χ3n) is 3.91. The second-order valence-corrected chi connectivity index (χ2v) is 5.41. The molecule has 0 N–H and O–H groups in total. The number of halogens is 1. The minimum atomic E-state index is -1.51. The highest BCUT2D eigenvalue weighted by atomic mass is 35.5. The van der Waals surface area contributed by atoms with Gasteiger partial charge in [0.25, 0.3) is 5.54 Å². The lowest BCUT2D eigenvalue weighted by molar-refractivity contribution is -0.620. The normalized spacial score (nSPS) is 36.0. The molecule has 1 saturated heterocycles. The van der Waals surface area contributed by atoms with Crippen molar-refractivity contribution in [3.05, 3.63) is 31.3 Å². The molecule has 0 radical (unpaired) electrons. The maximum atomic E-state index is 11.4. The molecular weight excluding hydrogens is 262 g/mol. The highest BCUT2D eigenvalue weighted by Gasteiger charge is 2.65. The molecule has 0 amide bonds. The molecule has 2 bridgehead atoms. The monoisotopic (exact) mass is 275 g/mol. The fourth-order valence-electron chi connectivity index (χ4n) is 2.89. The van der Waals surface area contributed by atoms with Gasteiger partial charge in [0.05, 0.1) is 24.5 Å². The zero-order valence-electron chi connectivity index (χ0n) is 9.97. The molecule has 0 aromatic rings. The van der Waals surface area contributed by atoms with Crippen molar-refractivity contribution in [1.29, 1.82) is 0 Å². The highest BCUT2D eigenvalue weighted by Crippen LogP contribution is 2.45. The molecule has 1 fully saturated rings. The van der Waals surface area contributed by atoms with Crippen LogP contribution in [0.1, 0.15) is 19.8 Å². The number of hydrogen-bond donors (Lipinski definition) is 0. The summed E-state index contributed by atoms with van der Waals surface area (Å²) in [5.41, 5.74) is -2.79. The van der Waals surface area contributed by atoms with E-state index in [1.807, 2.05) is 6.92 Å². The van der Waals surface area contributed by atoms with Crippen molar-refractivity contribution >= 4 is 11.6 Å². The summed E-state index contributed by atoms with van der Waals surface area (Å²) >= 11 is 5.99. The number of likely N-dealkylation sites (N-methyl/N-ethyl adjacent to an activating group) is 1. The van der Waals surface area contributed by atoms with Crippen molar-refractivity contribution < 1.29 is 9.85 Å². The molecule has 1 heterocycles. The Labute approximate surface area is 109 Å². The molecule has 1 aliphatic carbocycles. The molecule has 0 unspecified atom stereocenters. The topological polar surface area (TPSA) is 89.5 Å². The van der Waals surface area contributed by atoms with Crippen LogP contribution in [0.25, 0.3) is 0 Å². The molecule has 8 heteroatoms. The van der Waals surface area contributed by atoms with Gasteiger partial charge in [0.15, 0.2) is 0 Å². The Morgan fingerprint density at radius 1 is 1.39 bits per heavy atom. The first-order valence-electron chi connectivity index (χ1n) is 5.74. The standard InChI is InChI=1S/C10H14ClN3O4/c1-2-12-6-9(13(15)16)4-3-8(11)10(5-9,7-12)14(17)18/h3H,2,4-7H2,1H3/t9-,10+/m0/s1. The van der Waals surface area contributed by atoms with E-state index >= 15 is 0 Å². The number of likely N-dealkylation sites (tertiary alicyclic amines) is 1. The Kier molecular flexibility index (Phi) is 3.06. The van der Waals surface area contributed by atoms with E-state index in [9.17, 15) is 20.2 Å². The van der Waals surface area contributed by atoms with E-state index in [-0.39, 0.29) is 35.9 Å². The molecular formula is C10H14ClN3O4. The van der Waals surface area contributed by atoms with Crippen LogP contribution in [-0.4, -0.2) is 45.5 Å². The summed E-state index contributed by atoms with van der Waals surface area (Å²) in [7, 11) is 0. The quantitative estimate of drug-likeness (QED) is 0.571. The molecule has 100 valence electrons. The van der Waals surface area contributed by atoms with Gasteiger partial charge in [0.1, 0.15) is 0 Å². The Hall–Kier alpha value is -1.21. The summed E-state index contributed by atoms with van der Waals surface area (Å²) in [6, 6.07) is 0. The molecule has 0 saturated carbocycles. The molecule has 0 spiro atoms. The van der Waals surface area contributed by atoms with Gasteiger partial charge in [-0.15, -0.1) is 0 Å². The maximum Gasteiger partial charge on any atom is 0.276 e. The van der Waals surface area contributed by atoms with E-state index in [2.05, 4.69) is 0 Å². The molecule has 2 rings (SSSR count). The van der Waals surface area contributed by atoms with E-state index < -0.39 is 16.0 Å². The lowest BCUT2D eigenvalue weighted by Crippen LogP contribution is -2.66. The van der Waals surface area contributed by atoms with Crippen molar-refractivity contribution in [1.82, 2.24) is 4.90 Å². The largest absolute Gasteiger partial charge is 0.290 e. The SMILES string of the molecule is CCN1C[C@]2([N+](=O)[O-])CC=C(Cl)[C@]([N+](=O)[O-])(C1)C2. The smallest absolute Gasteiger partial charge is 0.276 e. The molecule has 0 aromatic carbocycles. The van der Waals surface area contributed by atoms with E-state index in [0.717, 1.165) is 0 Å². The number of fused-ring (bicyclic) bond motifs is 2. The summed E-state index contributed by atoms with van der Waals surface area (Å²) < 4.78 is 0. The fourth-order valence-corrected chi connectivity index (χ4v) is 3.17. The maximum absolute atomic E-state index is 11.4. The van der Waals surface area contributed by atoms with Crippen LogP contribution in [0.4, 0.5) is 0 Å². The number of nitrogens with zero attached hydrogens (tertiary/aromatic N) is 3. The summed E-state index contributed by atoms with van der Waals surface area (Å²) in [4.78, 5) is 23.5. The average molecular weight is 276 g/mol. The fraction of sp³-hybridized carbons (Fsp3) is 0.800. The first-order valence-corrected chi connectivity index (χ1v) is 6.11. The van der Waals surface area contributed by atoms with Crippen LogP contribution in [0.2, 0.25) is 0 Å². The van der Waals surface area contributed by atoms with Gasteiger partial charge in [0.2, 0.25) is 5.54 Å². The van der Waals surface area contributed by atoms with Crippen molar-refractivity contribution in [2.75, 3.05) is 19.6 Å². The molecule has 18 heavy (non-hydrogen) atoms. The van der Waals surface area contributed by atoms with Gasteiger partial charge in [-0.25, -0.2) is 0 Å². The van der Waals surface area contributed by atoms with Gasteiger partial charge < -0.3 is 0 Å². The van der Waals surface area contributed by atoms with E-state index in [1.165, 1.54) is 6.08 Å². The van der Waals surface area contributed by atoms with Gasteiger partial charge in [0, 0.05) is 16.3 Å². The van der Waals surface area contributed by atoms with Crippen LogP contribution in [0, 0.1) is 20.2 Å². The lowest BCUT2D eigenvalue weighted by Gasteiger charge is -2.44. The zero-order chi connectivity index (χ0) is 13.6. The Bertz CT molecular complexity index is 441. The summed E-state index contributed by atoms with van der Waals surface area (Å²) in [6.45, 7) is 2.75. The zero-order valence-corrected chi connectivity index (χ0v) is 10.7. The van der Waals surface area contributed by atoms with Gasteiger partial charge in [-0.1, -0.05) is 24.6 Å². The molecule has 0 aromatic heterocycles. The van der Waals surface area contributed by atoms with Crippen LogP contribution in [0.5, 0.6) is 0 Å². The first-order chi connectivity index (χ1) is 8.36. The second kappa shape index (κ2) is 4.17. The predicted molar refractivity (Wildman–Crippen MR) is 64.7 cm³/mol. The second-order valence-electron chi connectivity index (χ2n) is 5.01. The molecule has 2 atom stereocenters. The summed E-state index contributed by atoms with van der Waals surface area (Å²) in [5.74, 6) is 0. The minimum absolute atomic E-state index is 0.119. The van der Waals surface area contributed by atoms with Gasteiger partial charge in [-0.05, 0) is 6.54 Å². The first kappa shape index (κ1) is 13.2. The van der Waals surface area contributed by atoms with Crippen molar-refractivity contribution in [2.45, 2.75) is 30.8 Å². The minimum Gasteiger partial charge on any atom is -0.290 e. The van der Waals surface area contributed by atoms with Crippen LogP contribution in [-0.2, 0) is 0 Å². The predicted octanol–water partition coefficient (Wildman–Crippen LogP) is 1.27. The Morgan fingerprint density at radius 2 is 2.06 bits per heavy atom. The van der Waals surface area contributed by atoms with Crippen molar-refractivity contribution in [3.63, 3.8) is 0 Å². The van der Waals surface area contributed by atoms with Crippen LogP contribution >= 0.6 is 11.6 Å². The Morgan fingerprint density at radius 3 is 2.56 bits per heavy atom. The molecule has 1 aliphatic heterocycles. The van der Waals surface area contributed by atoms with Crippen LogP contribution in [0.15, 0.2) is 11.1 Å². The number of piperidine rings is 1.